The summed E-state index contributed by atoms with van der Waals surface area (Å²) in [6, 6.07) is 20.8. The Labute approximate surface area is 178 Å². The summed E-state index contributed by atoms with van der Waals surface area (Å²) in [4.78, 5) is 12.5. The van der Waals surface area contributed by atoms with Gasteiger partial charge in [-0.15, -0.1) is 0 Å². The fourth-order valence-electron chi connectivity index (χ4n) is 2.98. The second-order valence-corrected chi connectivity index (χ2v) is 8.71. The molecule has 0 aliphatic heterocycles. The van der Waals surface area contributed by atoms with Gasteiger partial charge in [0, 0.05) is 11.3 Å². The number of halogens is 1. The maximum absolute atomic E-state index is 12.7. The Morgan fingerprint density at radius 2 is 1.73 bits per heavy atom. The topological polar surface area (TPSA) is 88.4 Å². The second kappa shape index (κ2) is 8.31. The lowest BCUT2D eigenvalue weighted by Crippen LogP contribution is -2.24. The third kappa shape index (κ3) is 4.38. The third-order valence-corrected chi connectivity index (χ3v) is 6.39. The molecule has 0 saturated carbocycles. The molecule has 30 heavy (non-hydrogen) atoms. The molecule has 3 aromatic carbocycles. The summed E-state index contributed by atoms with van der Waals surface area (Å²) in [6.07, 6.45) is 1.45. The minimum atomic E-state index is -3.95. The minimum Gasteiger partial charge on any atom is -0.468 e. The van der Waals surface area contributed by atoms with Gasteiger partial charge in [0.05, 0.1) is 17.8 Å². The Morgan fingerprint density at radius 3 is 2.50 bits per heavy atom. The molecule has 2 N–H and O–H groups in total. The summed E-state index contributed by atoms with van der Waals surface area (Å²) in [5.41, 5.74) is 0.778. The molecule has 4 rings (SSSR count). The predicted octanol–water partition coefficient (Wildman–Crippen LogP) is 4.82. The van der Waals surface area contributed by atoms with Gasteiger partial charge in [-0.25, -0.2) is 13.1 Å². The highest BCUT2D eigenvalue weighted by Gasteiger charge is 2.20. The number of carbonyl (C=O) groups is 1. The van der Waals surface area contributed by atoms with Crippen molar-refractivity contribution < 1.29 is 17.6 Å². The van der Waals surface area contributed by atoms with Crippen molar-refractivity contribution in [2.24, 2.45) is 0 Å². The van der Waals surface area contributed by atoms with Crippen molar-refractivity contribution >= 4 is 44.0 Å². The Bertz CT molecular complexity index is 1320. The first-order chi connectivity index (χ1) is 14.4. The van der Waals surface area contributed by atoms with Gasteiger partial charge in [0.2, 0.25) is 10.0 Å². The maximum Gasteiger partial charge on any atom is 0.255 e. The molecule has 1 heterocycles. The van der Waals surface area contributed by atoms with Crippen LogP contribution in [0.4, 0.5) is 5.69 Å². The van der Waals surface area contributed by atoms with Crippen LogP contribution in [0.3, 0.4) is 0 Å². The molecule has 8 heteroatoms. The van der Waals surface area contributed by atoms with Crippen LogP contribution in [-0.4, -0.2) is 14.3 Å². The van der Waals surface area contributed by atoms with Gasteiger partial charge in [-0.05, 0) is 53.2 Å². The van der Waals surface area contributed by atoms with E-state index in [0.717, 1.165) is 10.8 Å². The molecule has 0 saturated heterocycles. The molecule has 1 aromatic heterocycles. The maximum atomic E-state index is 12.7. The molecule has 0 fully saturated rings. The van der Waals surface area contributed by atoms with E-state index in [1.165, 1.54) is 24.5 Å². The van der Waals surface area contributed by atoms with Crippen LogP contribution in [0.1, 0.15) is 16.1 Å². The van der Waals surface area contributed by atoms with E-state index in [9.17, 15) is 13.2 Å². The van der Waals surface area contributed by atoms with Gasteiger partial charge < -0.3 is 9.73 Å². The van der Waals surface area contributed by atoms with E-state index in [2.05, 4.69) is 10.0 Å². The van der Waals surface area contributed by atoms with Crippen LogP contribution in [0.2, 0.25) is 5.02 Å². The molecule has 0 atom stereocenters. The van der Waals surface area contributed by atoms with Gasteiger partial charge in [0.15, 0.2) is 0 Å². The van der Waals surface area contributed by atoms with E-state index in [-0.39, 0.29) is 22.0 Å². The van der Waals surface area contributed by atoms with E-state index in [1.807, 2.05) is 36.4 Å². The van der Waals surface area contributed by atoms with Gasteiger partial charge in [-0.2, -0.15) is 0 Å². The second-order valence-electron chi connectivity index (χ2n) is 6.57. The predicted molar refractivity (Wildman–Crippen MR) is 116 cm³/mol. The van der Waals surface area contributed by atoms with E-state index in [4.69, 9.17) is 16.0 Å². The van der Waals surface area contributed by atoms with Crippen molar-refractivity contribution in [3.8, 4) is 0 Å². The number of furan rings is 1. The van der Waals surface area contributed by atoms with Gasteiger partial charge in [-0.3, -0.25) is 4.79 Å². The zero-order valence-corrected chi connectivity index (χ0v) is 17.2. The lowest BCUT2D eigenvalue weighted by Gasteiger charge is -2.11. The average Bonchev–Trinajstić information content (AvgIpc) is 3.26. The van der Waals surface area contributed by atoms with Crippen molar-refractivity contribution in [2.75, 3.05) is 5.32 Å². The summed E-state index contributed by atoms with van der Waals surface area (Å²) >= 11 is 6.10. The van der Waals surface area contributed by atoms with Crippen LogP contribution in [0.5, 0.6) is 0 Å². The van der Waals surface area contributed by atoms with Crippen LogP contribution in [-0.2, 0) is 16.6 Å². The fourth-order valence-corrected chi connectivity index (χ4v) is 4.49. The minimum absolute atomic E-state index is 0.0178. The molecule has 4 aromatic rings. The molecular weight excluding hydrogens is 424 g/mol. The Hall–Kier alpha value is -3.13. The molecule has 0 bridgehead atoms. The number of hydrogen-bond donors (Lipinski definition) is 2. The zero-order chi connectivity index (χ0) is 21.1. The number of benzene rings is 3. The number of sulfonamides is 1. The molecule has 0 radical (unpaired) electrons. The largest absolute Gasteiger partial charge is 0.468 e. The van der Waals surface area contributed by atoms with Crippen molar-refractivity contribution in [1.29, 1.82) is 0 Å². The Morgan fingerprint density at radius 1 is 0.933 bits per heavy atom. The third-order valence-electron chi connectivity index (χ3n) is 4.51. The molecular formula is C22H17ClN2O4S. The van der Waals surface area contributed by atoms with Crippen LogP contribution in [0.15, 0.2) is 88.4 Å². The lowest BCUT2D eigenvalue weighted by molar-refractivity contribution is 0.102. The quantitative estimate of drug-likeness (QED) is 0.450. The molecule has 0 aliphatic carbocycles. The summed E-state index contributed by atoms with van der Waals surface area (Å²) in [7, 11) is -3.95. The summed E-state index contributed by atoms with van der Waals surface area (Å²) in [5.74, 6) is 0.0179. The normalized spacial score (nSPS) is 11.5. The van der Waals surface area contributed by atoms with Crippen LogP contribution < -0.4 is 10.0 Å². The Balaban J connectivity index is 1.56. The summed E-state index contributed by atoms with van der Waals surface area (Å²) in [6.45, 7) is -0.0286. The molecule has 0 spiro atoms. The number of amides is 1. The van der Waals surface area contributed by atoms with Gasteiger partial charge in [0.25, 0.3) is 5.91 Å². The van der Waals surface area contributed by atoms with Crippen molar-refractivity contribution in [3.63, 3.8) is 0 Å². The van der Waals surface area contributed by atoms with Gasteiger partial charge in [0.1, 0.15) is 10.7 Å². The average molecular weight is 441 g/mol. The first-order valence-electron chi connectivity index (χ1n) is 9.04. The standard InChI is InChI=1S/C22H17ClN2O4S/c23-20-10-8-17(13-21(20)30(27,28)24-14-19-6-3-11-29-19)22(26)25-18-9-7-15-4-1-2-5-16(15)12-18/h1-13,24H,14H2,(H,25,26). The van der Waals surface area contributed by atoms with Crippen LogP contribution >= 0.6 is 11.6 Å². The number of nitrogens with one attached hydrogen (secondary N) is 2. The van der Waals surface area contributed by atoms with Crippen molar-refractivity contribution in [1.82, 2.24) is 4.72 Å². The highest BCUT2D eigenvalue weighted by molar-refractivity contribution is 7.89. The summed E-state index contributed by atoms with van der Waals surface area (Å²) in [5, 5.41) is 4.85. The van der Waals surface area contributed by atoms with E-state index < -0.39 is 15.9 Å². The highest BCUT2D eigenvalue weighted by atomic mass is 35.5. The lowest BCUT2D eigenvalue weighted by atomic mass is 10.1. The number of anilines is 1. The number of carbonyl (C=O) groups excluding carboxylic acids is 1. The number of rotatable bonds is 6. The van der Waals surface area contributed by atoms with E-state index in [1.54, 1.807) is 18.2 Å². The van der Waals surface area contributed by atoms with E-state index in [0.29, 0.717) is 11.4 Å². The first kappa shape index (κ1) is 20.2. The highest BCUT2D eigenvalue weighted by Crippen LogP contribution is 2.24. The van der Waals surface area contributed by atoms with Crippen molar-refractivity contribution in [3.05, 3.63) is 95.4 Å². The first-order valence-corrected chi connectivity index (χ1v) is 10.9. The molecule has 6 nitrogen and oxygen atoms in total. The molecule has 152 valence electrons. The fraction of sp³-hybridized carbons (Fsp3) is 0.0455. The molecule has 0 unspecified atom stereocenters. The monoisotopic (exact) mass is 440 g/mol. The van der Waals surface area contributed by atoms with E-state index >= 15 is 0 Å². The molecule has 0 aliphatic rings. The smallest absolute Gasteiger partial charge is 0.255 e. The SMILES string of the molecule is O=C(Nc1ccc2ccccc2c1)c1ccc(Cl)c(S(=O)(=O)NCc2ccco2)c1. The number of hydrogen-bond acceptors (Lipinski definition) is 4. The Kier molecular flexibility index (Phi) is 5.59. The van der Waals surface area contributed by atoms with Crippen LogP contribution in [0, 0.1) is 0 Å². The summed E-state index contributed by atoms with van der Waals surface area (Å²) < 4.78 is 32.9. The van der Waals surface area contributed by atoms with Crippen molar-refractivity contribution in [2.45, 2.75) is 11.4 Å². The number of fused-ring (bicyclic) bond motifs is 1. The van der Waals surface area contributed by atoms with Gasteiger partial charge in [-0.1, -0.05) is 41.9 Å². The van der Waals surface area contributed by atoms with Gasteiger partial charge >= 0.3 is 0 Å². The zero-order valence-electron chi connectivity index (χ0n) is 15.6. The van der Waals surface area contributed by atoms with Crippen LogP contribution in [0.25, 0.3) is 10.8 Å². The molecule has 1 amide bonds.